The summed E-state index contributed by atoms with van der Waals surface area (Å²) in [5, 5.41) is 0. The van der Waals surface area contributed by atoms with Crippen molar-refractivity contribution in [1.82, 2.24) is 19.9 Å². The summed E-state index contributed by atoms with van der Waals surface area (Å²) in [5.41, 5.74) is 1.21. The molecule has 0 spiro atoms. The number of halogens is 1. The lowest BCUT2D eigenvalue weighted by atomic mass is 9.89. The standard InChI is InChI=1S/C18H22FN5O/c1-25-17-4-6-24(18-21-8-14(19)9-22-18)16-12-23(11-15(16)17)10-13-3-2-5-20-7-13/h2-3,5,7-9,15-17H,4,6,10-12H2,1H3/t15-,16+,17+/m0/s1. The van der Waals surface area contributed by atoms with Crippen molar-refractivity contribution >= 4 is 5.95 Å². The maximum absolute atomic E-state index is 13.2. The quantitative estimate of drug-likeness (QED) is 0.843. The Morgan fingerprint density at radius 1 is 1.24 bits per heavy atom. The van der Waals surface area contributed by atoms with Gasteiger partial charge in [0, 0.05) is 51.6 Å². The smallest absolute Gasteiger partial charge is 0.225 e. The molecule has 2 aromatic rings. The zero-order chi connectivity index (χ0) is 17.2. The lowest BCUT2D eigenvalue weighted by Gasteiger charge is -2.41. The van der Waals surface area contributed by atoms with Crippen molar-refractivity contribution in [3.8, 4) is 0 Å². The normalized spacial score (nSPS) is 26.6. The van der Waals surface area contributed by atoms with E-state index in [4.69, 9.17) is 4.74 Å². The number of pyridine rings is 1. The van der Waals surface area contributed by atoms with Crippen molar-refractivity contribution in [2.24, 2.45) is 5.92 Å². The SMILES string of the molecule is CO[C@@H]1CCN(c2ncc(F)cn2)[C@@H]2CN(Cc3cccnc3)C[C@@H]21. The average Bonchev–Trinajstić information content (AvgIpc) is 3.06. The van der Waals surface area contributed by atoms with Crippen LogP contribution in [0.4, 0.5) is 10.3 Å². The van der Waals surface area contributed by atoms with Gasteiger partial charge < -0.3 is 9.64 Å². The van der Waals surface area contributed by atoms with Gasteiger partial charge in [0.05, 0.1) is 24.5 Å². The first-order chi connectivity index (χ1) is 12.2. The number of ether oxygens (including phenoxy) is 1. The molecule has 0 bridgehead atoms. The monoisotopic (exact) mass is 343 g/mol. The van der Waals surface area contributed by atoms with Crippen molar-refractivity contribution in [3.63, 3.8) is 0 Å². The Balaban J connectivity index is 1.54. The number of anilines is 1. The fourth-order valence-corrected chi connectivity index (χ4v) is 4.11. The van der Waals surface area contributed by atoms with Gasteiger partial charge in [-0.3, -0.25) is 9.88 Å². The van der Waals surface area contributed by atoms with Crippen LogP contribution in [0.2, 0.25) is 0 Å². The fourth-order valence-electron chi connectivity index (χ4n) is 4.11. The Hall–Kier alpha value is -2.12. The first-order valence-corrected chi connectivity index (χ1v) is 8.63. The summed E-state index contributed by atoms with van der Waals surface area (Å²) in [6.07, 6.45) is 7.35. The Morgan fingerprint density at radius 3 is 2.80 bits per heavy atom. The molecule has 0 aliphatic carbocycles. The first kappa shape index (κ1) is 16.4. The summed E-state index contributed by atoms with van der Waals surface area (Å²) in [6.45, 7) is 3.58. The molecule has 0 N–H and O–H groups in total. The van der Waals surface area contributed by atoms with E-state index >= 15 is 0 Å². The van der Waals surface area contributed by atoms with Crippen molar-refractivity contribution in [2.45, 2.75) is 25.1 Å². The van der Waals surface area contributed by atoms with Gasteiger partial charge in [0.2, 0.25) is 5.95 Å². The van der Waals surface area contributed by atoms with Gasteiger partial charge in [0.1, 0.15) is 0 Å². The van der Waals surface area contributed by atoms with Gasteiger partial charge in [0.25, 0.3) is 0 Å². The predicted octanol–water partition coefficient (Wildman–Crippen LogP) is 1.74. The number of hydrogen-bond acceptors (Lipinski definition) is 6. The third-order valence-corrected chi connectivity index (χ3v) is 5.24. The Bertz CT molecular complexity index is 698. The zero-order valence-electron chi connectivity index (χ0n) is 14.3. The van der Waals surface area contributed by atoms with Gasteiger partial charge in [-0.1, -0.05) is 6.07 Å². The molecule has 0 radical (unpaired) electrons. The molecule has 4 heterocycles. The Kier molecular flexibility index (Phi) is 4.59. The largest absolute Gasteiger partial charge is 0.381 e. The van der Waals surface area contributed by atoms with E-state index < -0.39 is 5.82 Å². The highest BCUT2D eigenvalue weighted by Gasteiger charge is 2.45. The minimum atomic E-state index is -0.406. The van der Waals surface area contributed by atoms with Gasteiger partial charge in [-0.05, 0) is 18.1 Å². The Labute approximate surface area is 146 Å². The Morgan fingerprint density at radius 2 is 2.08 bits per heavy atom. The van der Waals surface area contributed by atoms with Crippen molar-refractivity contribution in [1.29, 1.82) is 0 Å². The summed E-state index contributed by atoms with van der Waals surface area (Å²) in [6, 6.07) is 4.35. The molecule has 4 rings (SSSR count). The molecule has 2 aliphatic heterocycles. The lowest BCUT2D eigenvalue weighted by molar-refractivity contribution is 0.0314. The number of fused-ring (bicyclic) bond motifs is 1. The highest BCUT2D eigenvalue weighted by atomic mass is 19.1. The summed E-state index contributed by atoms with van der Waals surface area (Å²) in [5.74, 6) is 0.593. The van der Waals surface area contributed by atoms with E-state index in [2.05, 4.69) is 30.8 Å². The van der Waals surface area contributed by atoms with E-state index in [1.54, 1.807) is 13.3 Å². The molecule has 2 aromatic heterocycles. The number of piperidine rings is 1. The zero-order valence-corrected chi connectivity index (χ0v) is 14.3. The second-order valence-electron chi connectivity index (χ2n) is 6.74. The van der Waals surface area contributed by atoms with Crippen LogP contribution >= 0.6 is 0 Å². The number of nitrogens with zero attached hydrogens (tertiary/aromatic N) is 5. The van der Waals surface area contributed by atoms with E-state index in [0.29, 0.717) is 11.9 Å². The summed E-state index contributed by atoms with van der Waals surface area (Å²) in [7, 11) is 1.79. The van der Waals surface area contributed by atoms with Crippen LogP contribution in [-0.2, 0) is 11.3 Å². The van der Waals surface area contributed by atoms with Crippen LogP contribution in [0.5, 0.6) is 0 Å². The minimum Gasteiger partial charge on any atom is -0.381 e. The molecule has 0 saturated carbocycles. The van der Waals surface area contributed by atoms with Gasteiger partial charge in [-0.25, -0.2) is 14.4 Å². The van der Waals surface area contributed by atoms with E-state index in [9.17, 15) is 4.39 Å². The molecular formula is C18H22FN5O. The van der Waals surface area contributed by atoms with Gasteiger partial charge in [-0.15, -0.1) is 0 Å². The second kappa shape index (κ2) is 7.01. The van der Waals surface area contributed by atoms with E-state index in [-0.39, 0.29) is 12.1 Å². The molecule has 2 fully saturated rings. The second-order valence-corrected chi connectivity index (χ2v) is 6.74. The van der Waals surface area contributed by atoms with E-state index in [0.717, 1.165) is 32.6 Å². The molecule has 132 valence electrons. The fraction of sp³-hybridized carbons (Fsp3) is 0.500. The molecule has 0 amide bonds. The molecular weight excluding hydrogens is 321 g/mol. The average molecular weight is 343 g/mol. The summed E-state index contributed by atoms with van der Waals surface area (Å²) < 4.78 is 18.9. The first-order valence-electron chi connectivity index (χ1n) is 8.63. The van der Waals surface area contributed by atoms with Crippen LogP contribution in [0.3, 0.4) is 0 Å². The number of likely N-dealkylation sites (tertiary alicyclic amines) is 1. The van der Waals surface area contributed by atoms with Gasteiger partial charge in [0.15, 0.2) is 5.82 Å². The van der Waals surface area contributed by atoms with Gasteiger partial charge >= 0.3 is 0 Å². The van der Waals surface area contributed by atoms with Crippen LogP contribution in [0.15, 0.2) is 36.9 Å². The van der Waals surface area contributed by atoms with E-state index in [1.807, 2.05) is 12.3 Å². The lowest BCUT2D eigenvalue weighted by Crippen LogP contribution is -2.52. The maximum Gasteiger partial charge on any atom is 0.225 e. The predicted molar refractivity (Wildman–Crippen MR) is 91.5 cm³/mol. The highest BCUT2D eigenvalue weighted by Crippen LogP contribution is 2.34. The molecule has 2 aliphatic rings. The molecule has 3 atom stereocenters. The van der Waals surface area contributed by atoms with Crippen LogP contribution in [0.25, 0.3) is 0 Å². The van der Waals surface area contributed by atoms with Crippen LogP contribution in [0, 0.1) is 11.7 Å². The van der Waals surface area contributed by atoms with Crippen molar-refractivity contribution in [3.05, 3.63) is 48.3 Å². The molecule has 7 heteroatoms. The molecule has 0 unspecified atom stereocenters. The van der Waals surface area contributed by atoms with Crippen LogP contribution in [0.1, 0.15) is 12.0 Å². The highest BCUT2D eigenvalue weighted by molar-refractivity contribution is 5.34. The number of hydrogen-bond donors (Lipinski definition) is 0. The third-order valence-electron chi connectivity index (χ3n) is 5.24. The topological polar surface area (TPSA) is 54.4 Å². The van der Waals surface area contributed by atoms with E-state index in [1.165, 1.54) is 18.0 Å². The van der Waals surface area contributed by atoms with Crippen LogP contribution in [-0.4, -0.2) is 58.7 Å². The van der Waals surface area contributed by atoms with Crippen molar-refractivity contribution < 1.29 is 9.13 Å². The molecule has 6 nitrogen and oxygen atoms in total. The van der Waals surface area contributed by atoms with Crippen molar-refractivity contribution in [2.75, 3.05) is 31.6 Å². The third kappa shape index (κ3) is 3.34. The maximum atomic E-state index is 13.2. The number of rotatable bonds is 4. The summed E-state index contributed by atoms with van der Waals surface area (Å²) in [4.78, 5) is 17.2. The molecule has 25 heavy (non-hydrogen) atoms. The number of methoxy groups -OCH3 is 1. The molecule has 0 aromatic carbocycles. The van der Waals surface area contributed by atoms with Gasteiger partial charge in [-0.2, -0.15) is 0 Å². The number of aromatic nitrogens is 3. The molecule has 2 saturated heterocycles. The van der Waals surface area contributed by atoms with Crippen LogP contribution < -0.4 is 4.90 Å². The summed E-state index contributed by atoms with van der Waals surface area (Å²) >= 11 is 0. The minimum absolute atomic E-state index is 0.237.